The molecule has 3 aromatic rings. The number of alkyl halides is 3. The fraction of sp³-hybridized carbons (Fsp3) is 0.400. The van der Waals surface area contributed by atoms with Crippen LogP contribution in [0, 0.1) is 6.92 Å². The van der Waals surface area contributed by atoms with Crippen LogP contribution in [0.1, 0.15) is 30.4 Å². The number of phenolic OH excluding ortho intramolecular Hbond substituents is 1. The lowest BCUT2D eigenvalue weighted by molar-refractivity contribution is -0.137. The van der Waals surface area contributed by atoms with E-state index in [2.05, 4.69) is 21.9 Å². The van der Waals surface area contributed by atoms with Crippen molar-refractivity contribution < 1.29 is 22.7 Å². The second kappa shape index (κ2) is 8.28. The van der Waals surface area contributed by atoms with Crippen LogP contribution in [0.25, 0.3) is 22.5 Å². The highest BCUT2D eigenvalue weighted by atomic mass is 19.4. The fourth-order valence-corrected chi connectivity index (χ4v) is 3.29. The third kappa shape index (κ3) is 4.97. The van der Waals surface area contributed by atoms with Gasteiger partial charge in [-0.3, -0.25) is 0 Å². The van der Waals surface area contributed by atoms with Gasteiger partial charge in [0.15, 0.2) is 5.58 Å². The molecule has 2 aromatic heterocycles. The Kier molecular flexibility index (Phi) is 5.97. The standard InChI is InChI=1S/C14H10F3N3O2.C6H13N/c1-6-4-7(14(15,16)17)5-9(21)11(6)8-2-3-10-12(19-8)20-13(18)22-10;1-7-5-3-2-4-6-7/h2-5,21H,1H3,(H2,18,19,20);2-6H2,1H3. The second-order valence-electron chi connectivity index (χ2n) is 7.12. The highest BCUT2D eigenvalue weighted by molar-refractivity contribution is 5.78. The largest absolute Gasteiger partial charge is 0.507 e. The zero-order chi connectivity index (χ0) is 21.2. The number of nitrogens with zero attached hydrogens (tertiary/aromatic N) is 3. The molecule has 1 saturated heterocycles. The number of hydrogen-bond donors (Lipinski definition) is 2. The number of nitrogens with two attached hydrogens (primary N) is 1. The van der Waals surface area contributed by atoms with E-state index in [-0.39, 0.29) is 28.5 Å². The van der Waals surface area contributed by atoms with Crippen LogP contribution in [0.15, 0.2) is 28.7 Å². The number of piperidine rings is 1. The summed E-state index contributed by atoms with van der Waals surface area (Å²) in [5.41, 5.74) is 5.80. The smallest absolute Gasteiger partial charge is 0.416 e. The number of anilines is 1. The number of phenols is 1. The Morgan fingerprint density at radius 1 is 1.10 bits per heavy atom. The molecule has 0 amide bonds. The molecule has 3 heterocycles. The molecule has 0 radical (unpaired) electrons. The molecule has 1 aliphatic rings. The Balaban J connectivity index is 0.000000290. The van der Waals surface area contributed by atoms with Crippen LogP contribution >= 0.6 is 0 Å². The zero-order valence-corrected chi connectivity index (χ0v) is 16.3. The average Bonchev–Trinajstić information content (AvgIpc) is 3.01. The van der Waals surface area contributed by atoms with Gasteiger partial charge in [0.1, 0.15) is 5.75 Å². The molecular formula is C20H23F3N4O2. The molecule has 9 heteroatoms. The fourth-order valence-electron chi connectivity index (χ4n) is 3.29. The van der Waals surface area contributed by atoms with E-state index < -0.39 is 17.5 Å². The van der Waals surface area contributed by atoms with Crippen molar-refractivity contribution in [1.82, 2.24) is 14.9 Å². The highest BCUT2D eigenvalue weighted by Gasteiger charge is 2.32. The first kappa shape index (κ1) is 20.9. The number of oxazole rings is 1. The van der Waals surface area contributed by atoms with Crippen molar-refractivity contribution in [2.45, 2.75) is 32.4 Å². The number of fused-ring (bicyclic) bond motifs is 1. The number of nitrogen functional groups attached to an aromatic ring is 1. The highest BCUT2D eigenvalue weighted by Crippen LogP contribution is 2.38. The van der Waals surface area contributed by atoms with Gasteiger partial charge in [0.05, 0.1) is 11.3 Å². The van der Waals surface area contributed by atoms with Crippen LogP contribution in [0.5, 0.6) is 5.75 Å². The van der Waals surface area contributed by atoms with E-state index in [1.165, 1.54) is 51.4 Å². The molecule has 1 fully saturated rings. The maximum Gasteiger partial charge on any atom is 0.416 e. The molecule has 1 aliphatic heterocycles. The molecule has 0 bridgehead atoms. The first-order valence-electron chi connectivity index (χ1n) is 9.28. The minimum Gasteiger partial charge on any atom is -0.507 e. The molecule has 156 valence electrons. The third-order valence-electron chi connectivity index (χ3n) is 4.75. The molecule has 6 nitrogen and oxygen atoms in total. The molecule has 0 unspecified atom stereocenters. The van der Waals surface area contributed by atoms with Crippen molar-refractivity contribution in [3.05, 3.63) is 35.4 Å². The van der Waals surface area contributed by atoms with E-state index in [9.17, 15) is 18.3 Å². The maximum absolute atomic E-state index is 12.7. The quantitative estimate of drug-likeness (QED) is 0.612. The second-order valence-corrected chi connectivity index (χ2v) is 7.12. The normalized spacial score (nSPS) is 15.2. The van der Waals surface area contributed by atoms with Gasteiger partial charge in [0.25, 0.3) is 6.01 Å². The molecule has 0 aliphatic carbocycles. The SMILES string of the molecule is CN1CCCCC1.Cc1cc(C(F)(F)F)cc(O)c1-c1ccc2oc(N)nc2n1. The molecule has 1 aromatic carbocycles. The van der Waals surface area contributed by atoms with E-state index in [1.807, 2.05) is 0 Å². The first-order chi connectivity index (χ1) is 13.6. The Labute approximate surface area is 166 Å². The average molecular weight is 408 g/mol. The number of benzene rings is 1. The lowest BCUT2D eigenvalue weighted by atomic mass is 10.0. The summed E-state index contributed by atoms with van der Waals surface area (Å²) in [6.07, 6.45) is -0.254. The predicted molar refractivity (Wildman–Crippen MR) is 104 cm³/mol. The Hall–Kier alpha value is -2.81. The number of hydrogen-bond acceptors (Lipinski definition) is 6. The van der Waals surface area contributed by atoms with Crippen LogP contribution < -0.4 is 5.73 Å². The summed E-state index contributed by atoms with van der Waals surface area (Å²) in [7, 11) is 2.19. The number of pyridine rings is 1. The summed E-state index contributed by atoms with van der Waals surface area (Å²) in [4.78, 5) is 10.4. The van der Waals surface area contributed by atoms with E-state index in [4.69, 9.17) is 10.2 Å². The lowest BCUT2D eigenvalue weighted by Gasteiger charge is -2.20. The summed E-state index contributed by atoms with van der Waals surface area (Å²) in [6.45, 7) is 4.10. The van der Waals surface area contributed by atoms with Crippen LogP contribution in [0.4, 0.5) is 19.2 Å². The monoisotopic (exact) mass is 408 g/mol. The van der Waals surface area contributed by atoms with Crippen molar-refractivity contribution in [2.75, 3.05) is 25.9 Å². The molecule has 0 saturated carbocycles. The van der Waals surface area contributed by atoms with Gasteiger partial charge in [-0.2, -0.15) is 18.2 Å². The number of halogens is 3. The molecule has 29 heavy (non-hydrogen) atoms. The van der Waals surface area contributed by atoms with Crippen LogP contribution in [0.3, 0.4) is 0 Å². The van der Waals surface area contributed by atoms with E-state index in [0.29, 0.717) is 11.6 Å². The summed E-state index contributed by atoms with van der Waals surface area (Å²) in [6, 6.07) is 4.62. The summed E-state index contributed by atoms with van der Waals surface area (Å²) >= 11 is 0. The topological polar surface area (TPSA) is 88.4 Å². The van der Waals surface area contributed by atoms with Crippen molar-refractivity contribution in [3.63, 3.8) is 0 Å². The van der Waals surface area contributed by atoms with Gasteiger partial charge in [0, 0.05) is 5.56 Å². The van der Waals surface area contributed by atoms with Crippen molar-refractivity contribution in [1.29, 1.82) is 0 Å². The molecular weight excluding hydrogens is 385 g/mol. The number of likely N-dealkylation sites (tertiary alicyclic amines) is 1. The van der Waals surface area contributed by atoms with Crippen molar-refractivity contribution in [2.24, 2.45) is 0 Å². The van der Waals surface area contributed by atoms with Crippen molar-refractivity contribution >= 4 is 17.2 Å². The number of rotatable bonds is 1. The van der Waals surface area contributed by atoms with Gasteiger partial charge in [-0.15, -0.1) is 0 Å². The van der Waals surface area contributed by atoms with Gasteiger partial charge in [-0.25, -0.2) is 4.98 Å². The number of aryl methyl sites for hydroxylation is 1. The molecule has 4 rings (SSSR count). The van der Waals surface area contributed by atoms with Gasteiger partial charge >= 0.3 is 6.18 Å². The van der Waals surface area contributed by atoms with Gasteiger partial charge in [0.2, 0.25) is 5.65 Å². The summed E-state index contributed by atoms with van der Waals surface area (Å²) in [5.74, 6) is -0.504. The van der Waals surface area contributed by atoms with Crippen LogP contribution in [0.2, 0.25) is 0 Å². The lowest BCUT2D eigenvalue weighted by Crippen LogP contribution is -2.24. The Bertz CT molecular complexity index is 972. The third-order valence-corrected chi connectivity index (χ3v) is 4.75. The molecule has 0 atom stereocenters. The van der Waals surface area contributed by atoms with Crippen molar-refractivity contribution in [3.8, 4) is 17.0 Å². The number of aromatic hydroxyl groups is 1. The summed E-state index contributed by atoms with van der Waals surface area (Å²) < 4.78 is 43.3. The van der Waals surface area contributed by atoms with Crippen LogP contribution in [-0.4, -0.2) is 40.1 Å². The summed E-state index contributed by atoms with van der Waals surface area (Å²) in [5, 5.41) is 9.96. The first-order valence-corrected chi connectivity index (χ1v) is 9.28. The van der Waals surface area contributed by atoms with Crippen LogP contribution in [-0.2, 0) is 6.18 Å². The van der Waals surface area contributed by atoms with E-state index in [1.54, 1.807) is 0 Å². The Morgan fingerprint density at radius 2 is 1.79 bits per heavy atom. The maximum atomic E-state index is 12.7. The molecule has 0 spiro atoms. The predicted octanol–water partition coefficient (Wildman–Crippen LogP) is 4.61. The zero-order valence-electron chi connectivity index (χ0n) is 16.3. The van der Waals surface area contributed by atoms with E-state index >= 15 is 0 Å². The number of aromatic nitrogens is 2. The molecule has 3 N–H and O–H groups in total. The van der Waals surface area contributed by atoms with E-state index in [0.717, 1.165) is 6.07 Å². The minimum atomic E-state index is -4.53. The van der Waals surface area contributed by atoms with Gasteiger partial charge in [-0.1, -0.05) is 6.42 Å². The van der Waals surface area contributed by atoms with Gasteiger partial charge in [-0.05, 0) is 69.7 Å². The Morgan fingerprint density at radius 3 is 2.34 bits per heavy atom. The van der Waals surface area contributed by atoms with Gasteiger partial charge < -0.3 is 20.2 Å². The minimum absolute atomic E-state index is 0.0620.